The Hall–Kier alpha value is -2.08. The van der Waals surface area contributed by atoms with Crippen LogP contribution in [0.25, 0.3) is 11.0 Å². The van der Waals surface area contributed by atoms with Gasteiger partial charge in [0.25, 0.3) is 0 Å². The van der Waals surface area contributed by atoms with Gasteiger partial charge >= 0.3 is 0 Å². The predicted octanol–water partition coefficient (Wildman–Crippen LogP) is 7.58. The number of para-hydroxylation sites is 1. The Morgan fingerprint density at radius 2 is 1.77 bits per heavy atom. The van der Waals surface area contributed by atoms with E-state index in [1.165, 1.54) is 102 Å². The van der Waals surface area contributed by atoms with Gasteiger partial charge in [-0.05, 0) is 126 Å². The molecule has 3 heterocycles. The Bertz CT molecular complexity index is 1170. The van der Waals surface area contributed by atoms with E-state index >= 15 is 0 Å². The molecule has 0 amide bonds. The van der Waals surface area contributed by atoms with Gasteiger partial charge in [0.2, 0.25) is 0 Å². The number of likely N-dealkylation sites (tertiary alicyclic amines) is 2. The number of imidazole rings is 1. The van der Waals surface area contributed by atoms with Gasteiger partial charge in [-0.15, -0.1) is 0 Å². The number of piperidine rings is 2. The maximum atomic E-state index is 6.11. The van der Waals surface area contributed by atoms with Crippen molar-refractivity contribution in [2.45, 2.75) is 78.4 Å². The van der Waals surface area contributed by atoms with E-state index in [9.17, 15) is 0 Å². The van der Waals surface area contributed by atoms with E-state index in [0.29, 0.717) is 6.61 Å². The van der Waals surface area contributed by atoms with Crippen molar-refractivity contribution in [1.82, 2.24) is 19.4 Å². The van der Waals surface area contributed by atoms with Crippen LogP contribution in [0, 0.1) is 18.8 Å². The van der Waals surface area contributed by atoms with Crippen molar-refractivity contribution in [3.8, 4) is 5.75 Å². The Morgan fingerprint density at radius 1 is 0.974 bits per heavy atom. The quantitative estimate of drug-likeness (QED) is 0.233. The van der Waals surface area contributed by atoms with Crippen LogP contribution in [-0.4, -0.2) is 58.6 Å². The first kappa shape index (κ1) is 28.4. The molecular formula is C33H47ClN4O. The van der Waals surface area contributed by atoms with Crippen LogP contribution in [0.1, 0.15) is 69.7 Å². The molecule has 39 heavy (non-hydrogen) atoms. The summed E-state index contributed by atoms with van der Waals surface area (Å²) in [6.45, 7) is 13.8. The number of hydrogen-bond acceptors (Lipinski definition) is 4. The van der Waals surface area contributed by atoms with Crippen molar-refractivity contribution in [3.05, 3.63) is 58.9 Å². The van der Waals surface area contributed by atoms with Gasteiger partial charge in [-0.3, -0.25) is 0 Å². The average molecular weight is 551 g/mol. The lowest BCUT2D eigenvalue weighted by atomic mass is 9.93. The molecule has 2 aromatic carbocycles. The third kappa shape index (κ3) is 7.99. The van der Waals surface area contributed by atoms with Crippen molar-refractivity contribution in [2.24, 2.45) is 11.8 Å². The minimum atomic E-state index is 0.461. The minimum absolute atomic E-state index is 0.461. The number of fused-ring (bicyclic) bond motifs is 1. The van der Waals surface area contributed by atoms with Gasteiger partial charge in [-0.2, -0.15) is 0 Å². The molecule has 2 saturated heterocycles. The molecule has 3 aromatic rings. The van der Waals surface area contributed by atoms with Crippen LogP contribution in [0.15, 0.2) is 42.5 Å². The second kappa shape index (κ2) is 14.0. The van der Waals surface area contributed by atoms with Crippen LogP contribution in [-0.2, 0) is 13.2 Å². The highest BCUT2D eigenvalue weighted by molar-refractivity contribution is 6.30. The second-order valence-electron chi connectivity index (χ2n) is 12.1. The van der Waals surface area contributed by atoms with Gasteiger partial charge in [0.15, 0.2) is 0 Å². The molecule has 1 aromatic heterocycles. The predicted molar refractivity (Wildman–Crippen MR) is 163 cm³/mol. The van der Waals surface area contributed by atoms with Gasteiger partial charge in [-0.1, -0.05) is 37.1 Å². The summed E-state index contributed by atoms with van der Waals surface area (Å²) in [6.07, 6.45) is 10.7. The van der Waals surface area contributed by atoms with Crippen LogP contribution in [0.4, 0.5) is 0 Å². The van der Waals surface area contributed by atoms with E-state index in [1.54, 1.807) is 0 Å². The highest BCUT2D eigenvalue weighted by Crippen LogP contribution is 2.26. The monoisotopic (exact) mass is 550 g/mol. The largest absolute Gasteiger partial charge is 0.486 e. The molecule has 2 fully saturated rings. The van der Waals surface area contributed by atoms with Crippen LogP contribution in [0.2, 0.25) is 5.02 Å². The highest BCUT2D eigenvalue weighted by Gasteiger charge is 2.21. The Kier molecular flexibility index (Phi) is 10.2. The number of aryl methyl sites for hydroxylation is 2. The maximum Gasteiger partial charge on any atom is 0.148 e. The average Bonchev–Trinajstić information content (AvgIpc) is 3.31. The van der Waals surface area contributed by atoms with Gasteiger partial charge in [0.05, 0.1) is 11.0 Å². The smallest absolute Gasteiger partial charge is 0.148 e. The van der Waals surface area contributed by atoms with Crippen molar-refractivity contribution >= 4 is 22.6 Å². The molecule has 0 aliphatic carbocycles. The Labute approximate surface area is 240 Å². The number of aromatic nitrogens is 2. The van der Waals surface area contributed by atoms with E-state index in [-0.39, 0.29) is 0 Å². The van der Waals surface area contributed by atoms with Gasteiger partial charge in [0, 0.05) is 24.7 Å². The molecule has 6 heteroatoms. The number of hydrogen-bond donors (Lipinski definition) is 0. The molecule has 2 unspecified atom stereocenters. The van der Waals surface area contributed by atoms with Crippen LogP contribution < -0.4 is 4.74 Å². The zero-order chi connectivity index (χ0) is 27.0. The van der Waals surface area contributed by atoms with Gasteiger partial charge in [-0.25, -0.2) is 4.98 Å². The number of ether oxygens (including phenoxy) is 1. The van der Waals surface area contributed by atoms with E-state index in [0.717, 1.165) is 40.5 Å². The summed E-state index contributed by atoms with van der Waals surface area (Å²) >= 11 is 6.05. The number of benzene rings is 2. The zero-order valence-electron chi connectivity index (χ0n) is 24.1. The first-order chi connectivity index (χ1) is 19.0. The third-order valence-electron chi connectivity index (χ3n) is 8.80. The summed E-state index contributed by atoms with van der Waals surface area (Å²) in [7, 11) is 0. The summed E-state index contributed by atoms with van der Waals surface area (Å²) in [6, 6.07) is 14.1. The standard InChI is InChI=1S/C33H47ClN4O/c1-26(23-36-18-4-3-5-19-36)17-22-37-20-7-10-28(24-37)11-8-21-38-31-12-6-9-27(2)33(31)35-32(38)25-39-30-15-13-29(34)14-16-30/h6,9,12-16,26,28H,3-5,7-8,10-11,17-25H2,1-2H3. The van der Waals surface area contributed by atoms with Crippen molar-refractivity contribution in [2.75, 3.05) is 39.3 Å². The van der Waals surface area contributed by atoms with Crippen molar-refractivity contribution in [1.29, 1.82) is 0 Å². The molecule has 5 nitrogen and oxygen atoms in total. The van der Waals surface area contributed by atoms with Crippen molar-refractivity contribution in [3.63, 3.8) is 0 Å². The molecule has 2 aliphatic heterocycles. The van der Waals surface area contributed by atoms with E-state index < -0.39 is 0 Å². The molecule has 0 N–H and O–H groups in total. The summed E-state index contributed by atoms with van der Waals surface area (Å²) in [4.78, 5) is 10.5. The summed E-state index contributed by atoms with van der Waals surface area (Å²) in [5, 5.41) is 0.721. The maximum absolute atomic E-state index is 6.11. The lowest BCUT2D eigenvalue weighted by Crippen LogP contribution is -2.38. The first-order valence-corrected chi connectivity index (χ1v) is 15.7. The first-order valence-electron chi connectivity index (χ1n) is 15.3. The fourth-order valence-corrected chi connectivity index (χ4v) is 6.70. The molecule has 212 valence electrons. The Morgan fingerprint density at radius 3 is 2.59 bits per heavy atom. The molecule has 0 radical (unpaired) electrons. The fraction of sp³-hybridized carbons (Fsp3) is 0.606. The van der Waals surface area contributed by atoms with E-state index in [4.69, 9.17) is 21.3 Å². The number of nitrogens with zero attached hydrogens (tertiary/aromatic N) is 4. The SMILES string of the molecule is Cc1cccc2c1nc(COc1ccc(Cl)cc1)n2CCCC1CCCN(CCC(C)CN2CCCCC2)C1. The van der Waals surface area contributed by atoms with Gasteiger partial charge in [0.1, 0.15) is 18.2 Å². The molecule has 2 atom stereocenters. The molecule has 5 rings (SSSR count). The van der Waals surface area contributed by atoms with E-state index in [2.05, 4.69) is 46.4 Å². The van der Waals surface area contributed by atoms with Crippen LogP contribution >= 0.6 is 11.6 Å². The summed E-state index contributed by atoms with van der Waals surface area (Å²) in [5.41, 5.74) is 3.53. The highest BCUT2D eigenvalue weighted by atomic mass is 35.5. The lowest BCUT2D eigenvalue weighted by Gasteiger charge is -2.34. The minimum Gasteiger partial charge on any atom is -0.486 e. The van der Waals surface area contributed by atoms with Crippen LogP contribution in [0.5, 0.6) is 5.75 Å². The molecule has 0 bridgehead atoms. The zero-order valence-corrected chi connectivity index (χ0v) is 24.8. The van der Waals surface area contributed by atoms with Crippen LogP contribution in [0.3, 0.4) is 0 Å². The molecular weight excluding hydrogens is 504 g/mol. The second-order valence-corrected chi connectivity index (χ2v) is 12.5. The third-order valence-corrected chi connectivity index (χ3v) is 9.05. The number of rotatable bonds is 12. The Balaban J connectivity index is 1.12. The molecule has 0 spiro atoms. The fourth-order valence-electron chi connectivity index (χ4n) is 6.58. The molecule has 2 aliphatic rings. The molecule has 0 saturated carbocycles. The normalized spacial score (nSPS) is 19.9. The van der Waals surface area contributed by atoms with E-state index in [1.807, 2.05) is 24.3 Å². The lowest BCUT2D eigenvalue weighted by molar-refractivity contribution is 0.145. The van der Waals surface area contributed by atoms with Gasteiger partial charge < -0.3 is 19.1 Å². The summed E-state index contributed by atoms with van der Waals surface area (Å²) < 4.78 is 8.50. The topological polar surface area (TPSA) is 33.5 Å². The number of halogens is 1. The summed E-state index contributed by atoms with van der Waals surface area (Å²) in [5.74, 6) is 3.43. The van der Waals surface area contributed by atoms with Crippen molar-refractivity contribution < 1.29 is 4.74 Å².